The van der Waals surface area contributed by atoms with Gasteiger partial charge in [-0.15, -0.1) is 0 Å². The molecule has 0 saturated carbocycles. The number of alkyl halides is 3. The molecular formula is C24H20F3N3O4S. The Labute approximate surface area is 200 Å². The lowest BCUT2D eigenvalue weighted by Gasteiger charge is -2.44. The molecule has 0 N–H and O–H groups in total. The molecule has 2 aliphatic rings. The number of allylic oxidation sites excluding steroid dienone is 1. The number of carbonyl (C=O) groups excluding carboxylic acids is 2. The predicted octanol–water partition coefficient (Wildman–Crippen LogP) is 4.60. The number of nitrogens with zero attached hydrogens (tertiary/aromatic N) is 3. The van der Waals surface area contributed by atoms with Crippen molar-refractivity contribution in [2.24, 2.45) is 0 Å². The minimum Gasteiger partial charge on any atom is -0.316 e. The predicted molar refractivity (Wildman–Crippen MR) is 120 cm³/mol. The van der Waals surface area contributed by atoms with Crippen LogP contribution in [0.15, 0.2) is 58.6 Å². The number of amides is 2. The molecule has 1 atom stereocenters. The van der Waals surface area contributed by atoms with E-state index < -0.39 is 33.6 Å². The van der Waals surface area contributed by atoms with Crippen LogP contribution in [0, 0.1) is 11.3 Å². The molecule has 35 heavy (non-hydrogen) atoms. The van der Waals surface area contributed by atoms with E-state index in [-0.39, 0.29) is 51.6 Å². The number of ketones is 1. The summed E-state index contributed by atoms with van der Waals surface area (Å²) < 4.78 is 65.2. The zero-order valence-electron chi connectivity index (χ0n) is 18.8. The normalized spacial score (nSPS) is 19.0. The largest absolute Gasteiger partial charge is 0.416 e. The van der Waals surface area contributed by atoms with Gasteiger partial charge >= 0.3 is 12.2 Å². The third-order valence-electron chi connectivity index (χ3n) is 6.12. The Bertz CT molecular complexity index is 1420. The molecule has 2 aromatic carbocycles. The van der Waals surface area contributed by atoms with E-state index in [1.54, 1.807) is 0 Å². The summed E-state index contributed by atoms with van der Waals surface area (Å²) in [5.74, 6) is -0.323. The summed E-state index contributed by atoms with van der Waals surface area (Å²) in [4.78, 5) is 28.7. The summed E-state index contributed by atoms with van der Waals surface area (Å²) >= 11 is 0. The summed E-state index contributed by atoms with van der Waals surface area (Å²) in [6, 6.07) is 8.36. The molecule has 2 aromatic rings. The minimum absolute atomic E-state index is 0.0412. The van der Waals surface area contributed by atoms with Gasteiger partial charge in [-0.05, 0) is 48.7 Å². The molecule has 1 unspecified atom stereocenters. The second kappa shape index (κ2) is 8.53. The lowest BCUT2D eigenvalue weighted by Crippen LogP contribution is -2.50. The number of urea groups is 1. The van der Waals surface area contributed by atoms with Crippen LogP contribution in [0.4, 0.5) is 23.7 Å². The van der Waals surface area contributed by atoms with Crippen LogP contribution >= 0.6 is 0 Å². The quantitative estimate of drug-likeness (QED) is 0.610. The van der Waals surface area contributed by atoms with E-state index in [1.165, 1.54) is 37.4 Å². The molecule has 1 aliphatic carbocycles. The lowest BCUT2D eigenvalue weighted by molar-refractivity contribution is -0.137. The zero-order chi connectivity index (χ0) is 25.7. The fraction of sp³-hybridized carbons (Fsp3) is 0.292. The molecule has 7 nitrogen and oxygen atoms in total. The number of halogens is 3. The van der Waals surface area contributed by atoms with E-state index in [4.69, 9.17) is 0 Å². The summed E-state index contributed by atoms with van der Waals surface area (Å²) in [6.07, 6.45) is -2.88. The van der Waals surface area contributed by atoms with Crippen LogP contribution < -0.4 is 4.90 Å². The van der Waals surface area contributed by atoms with Crippen molar-refractivity contribution >= 4 is 27.3 Å². The Hall–Kier alpha value is -3.65. The van der Waals surface area contributed by atoms with Gasteiger partial charge in [0.15, 0.2) is 15.6 Å². The highest BCUT2D eigenvalue weighted by molar-refractivity contribution is 7.90. The zero-order valence-corrected chi connectivity index (χ0v) is 19.6. The van der Waals surface area contributed by atoms with Gasteiger partial charge in [-0.25, -0.2) is 13.2 Å². The van der Waals surface area contributed by atoms with Crippen LogP contribution in [0.5, 0.6) is 0 Å². The molecule has 11 heteroatoms. The SMILES string of the molecule is CN1C(=O)N(c2cccc(C(F)(F)F)c2)C2=C(C(=O)CCC2)C1c1ccc(C#N)cc1S(C)(=O)=O. The van der Waals surface area contributed by atoms with E-state index in [1.807, 2.05) is 6.07 Å². The summed E-state index contributed by atoms with van der Waals surface area (Å²) in [5, 5.41) is 9.23. The fourth-order valence-electron chi connectivity index (χ4n) is 4.57. The van der Waals surface area contributed by atoms with Gasteiger partial charge < -0.3 is 4.90 Å². The first-order chi connectivity index (χ1) is 16.3. The summed E-state index contributed by atoms with van der Waals surface area (Å²) in [5.41, 5.74) is -0.339. The van der Waals surface area contributed by atoms with Crippen LogP contribution in [-0.2, 0) is 20.8 Å². The van der Waals surface area contributed by atoms with Crippen molar-refractivity contribution in [1.82, 2.24) is 4.90 Å². The van der Waals surface area contributed by atoms with E-state index in [2.05, 4.69) is 0 Å². The lowest BCUT2D eigenvalue weighted by atomic mass is 9.83. The number of hydrogen-bond donors (Lipinski definition) is 0. The maximum absolute atomic E-state index is 13.5. The average molecular weight is 504 g/mol. The number of nitriles is 1. The number of sulfone groups is 1. The number of likely N-dealkylation sites (N-methyl/N-ethyl adjacent to an activating group) is 1. The first-order valence-electron chi connectivity index (χ1n) is 10.6. The van der Waals surface area contributed by atoms with Gasteiger partial charge in [-0.2, -0.15) is 18.4 Å². The molecule has 0 radical (unpaired) electrons. The third-order valence-corrected chi connectivity index (χ3v) is 7.27. The van der Waals surface area contributed by atoms with Gasteiger partial charge in [0.25, 0.3) is 0 Å². The number of benzene rings is 2. The highest BCUT2D eigenvalue weighted by Crippen LogP contribution is 2.45. The molecule has 4 rings (SSSR count). The molecule has 0 spiro atoms. The third kappa shape index (κ3) is 4.30. The number of carbonyl (C=O) groups is 2. The Morgan fingerprint density at radius 1 is 1.09 bits per heavy atom. The first-order valence-corrected chi connectivity index (χ1v) is 12.5. The average Bonchev–Trinajstić information content (AvgIpc) is 2.79. The monoisotopic (exact) mass is 503 g/mol. The van der Waals surface area contributed by atoms with E-state index >= 15 is 0 Å². The molecule has 2 amide bonds. The molecule has 0 fully saturated rings. The van der Waals surface area contributed by atoms with Crippen LogP contribution in [-0.4, -0.2) is 38.4 Å². The maximum atomic E-state index is 13.5. The topological polar surface area (TPSA) is 98.5 Å². The smallest absolute Gasteiger partial charge is 0.316 e. The van der Waals surface area contributed by atoms with E-state index in [0.717, 1.165) is 28.2 Å². The van der Waals surface area contributed by atoms with Gasteiger partial charge in [0.1, 0.15) is 0 Å². The van der Waals surface area contributed by atoms with Gasteiger partial charge in [-0.3, -0.25) is 9.69 Å². The summed E-state index contributed by atoms with van der Waals surface area (Å²) in [6.45, 7) is 0. The van der Waals surface area contributed by atoms with Crippen LogP contribution in [0.25, 0.3) is 0 Å². The van der Waals surface area contributed by atoms with Gasteiger partial charge in [0.2, 0.25) is 0 Å². The van der Waals surface area contributed by atoms with Crippen molar-refractivity contribution in [3.8, 4) is 6.07 Å². The molecule has 0 saturated heterocycles. The van der Waals surface area contributed by atoms with Gasteiger partial charge in [0, 0.05) is 31.0 Å². The van der Waals surface area contributed by atoms with Crippen LogP contribution in [0.3, 0.4) is 0 Å². The number of anilines is 1. The van der Waals surface area contributed by atoms with Crippen molar-refractivity contribution in [2.45, 2.75) is 36.4 Å². The highest BCUT2D eigenvalue weighted by atomic mass is 32.2. The second-order valence-corrected chi connectivity index (χ2v) is 10.4. The molecule has 1 aliphatic heterocycles. The van der Waals surface area contributed by atoms with Crippen LogP contribution in [0.1, 0.15) is 42.0 Å². The number of hydrogen-bond acceptors (Lipinski definition) is 5. The van der Waals surface area contributed by atoms with Gasteiger partial charge in [-0.1, -0.05) is 12.1 Å². The highest BCUT2D eigenvalue weighted by Gasteiger charge is 2.44. The van der Waals surface area contributed by atoms with Gasteiger partial charge in [0.05, 0.1) is 33.8 Å². The molecule has 182 valence electrons. The summed E-state index contributed by atoms with van der Waals surface area (Å²) in [7, 11) is -2.50. The Balaban J connectivity index is 1.98. The Kier molecular flexibility index (Phi) is 5.97. The molecular weight excluding hydrogens is 483 g/mol. The minimum atomic E-state index is -4.63. The van der Waals surface area contributed by atoms with Crippen molar-refractivity contribution < 1.29 is 31.2 Å². The van der Waals surface area contributed by atoms with Crippen LogP contribution in [0.2, 0.25) is 0 Å². The molecule has 0 aromatic heterocycles. The van der Waals surface area contributed by atoms with E-state index in [9.17, 15) is 36.4 Å². The number of rotatable bonds is 3. The van der Waals surface area contributed by atoms with E-state index in [0.29, 0.717) is 6.42 Å². The number of Topliss-reactive ketones (excluding diaryl/α,β-unsaturated/α-hetero) is 1. The van der Waals surface area contributed by atoms with Crippen molar-refractivity contribution in [1.29, 1.82) is 5.26 Å². The Morgan fingerprint density at radius 2 is 1.80 bits per heavy atom. The standard InChI is InChI=1S/C24H20F3N3O4S/c1-29-22(17-10-9-14(13-28)11-20(17)35(2,33)34)21-18(7-4-8-19(21)31)30(23(29)32)16-6-3-5-15(12-16)24(25,26)27/h3,5-6,9-12,22H,4,7-8H2,1-2H3. The van der Waals surface area contributed by atoms with Crippen molar-refractivity contribution in [3.63, 3.8) is 0 Å². The molecule has 0 bridgehead atoms. The molecule has 1 heterocycles. The Morgan fingerprint density at radius 3 is 2.43 bits per heavy atom. The van der Waals surface area contributed by atoms with Crippen molar-refractivity contribution in [3.05, 3.63) is 70.4 Å². The van der Waals surface area contributed by atoms with Crippen molar-refractivity contribution in [2.75, 3.05) is 18.2 Å². The maximum Gasteiger partial charge on any atom is 0.416 e. The first kappa shape index (κ1) is 24.5. The second-order valence-electron chi connectivity index (χ2n) is 8.45. The fourth-order valence-corrected chi connectivity index (χ4v) is 5.52.